The normalized spacial score (nSPS) is 17.6. The highest BCUT2D eigenvalue weighted by Crippen LogP contribution is 2.34. The molecule has 0 saturated carbocycles. The Morgan fingerprint density at radius 2 is 1.78 bits per heavy atom. The molecule has 0 bridgehead atoms. The number of alkyl halides is 3. The van der Waals surface area contributed by atoms with Crippen molar-refractivity contribution in [3.05, 3.63) is 58.6 Å². The summed E-state index contributed by atoms with van der Waals surface area (Å²) in [5.41, 5.74) is -0.580. The van der Waals surface area contributed by atoms with Crippen LogP contribution < -0.4 is 10.0 Å². The lowest BCUT2D eigenvalue weighted by Crippen LogP contribution is -2.15. The second-order valence-corrected chi connectivity index (χ2v) is 8.16. The Bertz CT molecular complexity index is 976. The monoisotopic (exact) mass is 418 g/mol. The summed E-state index contributed by atoms with van der Waals surface area (Å²) in [6, 6.07) is 8.22. The molecule has 10 heteroatoms. The van der Waals surface area contributed by atoms with Gasteiger partial charge >= 0.3 is 6.18 Å². The predicted octanol–water partition coefficient (Wildman–Crippen LogP) is 3.76. The zero-order valence-electron chi connectivity index (χ0n) is 13.7. The molecular formula is C17H14ClF3N2O3S. The standard InChI is InChI=1S/C17H14ClF3N2O3S/c18-14-6-3-12(17(19,20)21)8-15(14)23-27(25,26)13-4-1-10(2-5-13)11-7-16(24)22-9-11/h1-6,8,11,23H,7,9H2,(H,22,24). The van der Waals surface area contributed by atoms with Crippen LogP contribution in [0.4, 0.5) is 18.9 Å². The van der Waals surface area contributed by atoms with Crippen LogP contribution in [0.25, 0.3) is 0 Å². The van der Waals surface area contributed by atoms with Gasteiger partial charge in [-0.15, -0.1) is 0 Å². The number of carbonyl (C=O) groups excluding carboxylic acids is 1. The maximum Gasteiger partial charge on any atom is 0.416 e. The molecule has 1 aliphatic rings. The van der Waals surface area contributed by atoms with Crippen LogP contribution in [0.15, 0.2) is 47.4 Å². The molecule has 2 aromatic rings. The molecule has 1 fully saturated rings. The molecule has 1 atom stereocenters. The second kappa shape index (κ2) is 7.05. The van der Waals surface area contributed by atoms with Crippen molar-refractivity contribution in [1.82, 2.24) is 5.32 Å². The molecule has 1 unspecified atom stereocenters. The van der Waals surface area contributed by atoms with E-state index in [0.29, 0.717) is 19.0 Å². The molecule has 1 heterocycles. The molecule has 0 spiro atoms. The summed E-state index contributed by atoms with van der Waals surface area (Å²) in [4.78, 5) is 11.1. The molecule has 2 N–H and O–H groups in total. The van der Waals surface area contributed by atoms with E-state index < -0.39 is 21.8 Å². The van der Waals surface area contributed by atoms with Crippen LogP contribution >= 0.6 is 11.6 Å². The summed E-state index contributed by atoms with van der Waals surface area (Å²) in [6.07, 6.45) is -4.30. The number of sulfonamides is 1. The molecule has 1 amide bonds. The Balaban J connectivity index is 1.84. The van der Waals surface area contributed by atoms with Gasteiger partial charge in [-0.2, -0.15) is 13.2 Å². The number of amides is 1. The Hall–Kier alpha value is -2.26. The lowest BCUT2D eigenvalue weighted by atomic mass is 9.99. The van der Waals surface area contributed by atoms with Gasteiger partial charge in [0, 0.05) is 18.9 Å². The number of halogens is 4. The third kappa shape index (κ3) is 4.36. The van der Waals surface area contributed by atoms with Crippen LogP contribution in [-0.4, -0.2) is 20.9 Å². The lowest BCUT2D eigenvalue weighted by Gasteiger charge is -2.14. The number of carbonyl (C=O) groups is 1. The molecule has 5 nitrogen and oxygen atoms in total. The maximum absolute atomic E-state index is 12.8. The zero-order chi connectivity index (χ0) is 19.8. The molecule has 3 rings (SSSR count). The number of anilines is 1. The van der Waals surface area contributed by atoms with E-state index in [-0.39, 0.29) is 27.4 Å². The van der Waals surface area contributed by atoms with E-state index in [2.05, 4.69) is 10.0 Å². The van der Waals surface area contributed by atoms with Gasteiger partial charge in [0.15, 0.2) is 0 Å². The van der Waals surface area contributed by atoms with Gasteiger partial charge in [-0.25, -0.2) is 8.42 Å². The first-order chi connectivity index (χ1) is 12.6. The van der Waals surface area contributed by atoms with Crippen LogP contribution in [0.2, 0.25) is 5.02 Å². The number of hydrogen-bond donors (Lipinski definition) is 2. The van der Waals surface area contributed by atoms with E-state index in [0.717, 1.165) is 17.7 Å². The molecule has 0 aliphatic carbocycles. The average Bonchev–Trinajstić information content (AvgIpc) is 3.02. The van der Waals surface area contributed by atoms with Crippen molar-refractivity contribution < 1.29 is 26.4 Å². The predicted molar refractivity (Wildman–Crippen MR) is 94.1 cm³/mol. The molecule has 0 aromatic heterocycles. The molecule has 144 valence electrons. The number of nitrogens with one attached hydrogen (secondary N) is 2. The van der Waals surface area contributed by atoms with Gasteiger partial charge in [-0.1, -0.05) is 23.7 Å². The van der Waals surface area contributed by atoms with E-state index in [1.165, 1.54) is 12.1 Å². The van der Waals surface area contributed by atoms with Crippen LogP contribution in [0.3, 0.4) is 0 Å². The largest absolute Gasteiger partial charge is 0.416 e. The molecule has 2 aromatic carbocycles. The highest BCUT2D eigenvalue weighted by atomic mass is 35.5. The third-order valence-corrected chi connectivity index (χ3v) is 5.89. The topological polar surface area (TPSA) is 75.3 Å². The SMILES string of the molecule is O=C1CC(c2ccc(S(=O)(=O)Nc3cc(C(F)(F)F)ccc3Cl)cc2)CN1. The van der Waals surface area contributed by atoms with Gasteiger partial charge in [0.1, 0.15) is 0 Å². The summed E-state index contributed by atoms with van der Waals surface area (Å²) < 4.78 is 65.5. The van der Waals surface area contributed by atoms with E-state index in [1.54, 1.807) is 12.1 Å². The van der Waals surface area contributed by atoms with Gasteiger partial charge < -0.3 is 5.32 Å². The van der Waals surface area contributed by atoms with Gasteiger partial charge in [0.05, 0.1) is 21.2 Å². The summed E-state index contributed by atoms with van der Waals surface area (Å²) >= 11 is 5.83. The average molecular weight is 419 g/mol. The molecule has 0 radical (unpaired) electrons. The van der Waals surface area contributed by atoms with E-state index in [9.17, 15) is 26.4 Å². The van der Waals surface area contributed by atoms with Crippen molar-refractivity contribution in [2.75, 3.05) is 11.3 Å². The highest BCUT2D eigenvalue weighted by molar-refractivity contribution is 7.92. The van der Waals surface area contributed by atoms with Crippen LogP contribution in [0.1, 0.15) is 23.5 Å². The van der Waals surface area contributed by atoms with E-state index >= 15 is 0 Å². The molecule has 27 heavy (non-hydrogen) atoms. The molecule has 1 saturated heterocycles. The minimum Gasteiger partial charge on any atom is -0.355 e. The van der Waals surface area contributed by atoms with Gasteiger partial charge in [-0.05, 0) is 35.9 Å². The quantitative estimate of drug-likeness (QED) is 0.793. The van der Waals surface area contributed by atoms with Crippen LogP contribution in [0.5, 0.6) is 0 Å². The first kappa shape index (κ1) is 19.5. The molecular weight excluding hydrogens is 405 g/mol. The zero-order valence-corrected chi connectivity index (χ0v) is 15.3. The Labute approximate surface area is 158 Å². The van der Waals surface area contributed by atoms with Crippen molar-refractivity contribution in [3.63, 3.8) is 0 Å². The van der Waals surface area contributed by atoms with Crippen molar-refractivity contribution in [3.8, 4) is 0 Å². The van der Waals surface area contributed by atoms with Crippen molar-refractivity contribution >= 4 is 33.2 Å². The lowest BCUT2D eigenvalue weighted by molar-refractivity contribution is -0.137. The van der Waals surface area contributed by atoms with E-state index in [1.807, 2.05) is 0 Å². The number of benzene rings is 2. The van der Waals surface area contributed by atoms with Crippen LogP contribution in [-0.2, 0) is 21.0 Å². The fourth-order valence-electron chi connectivity index (χ4n) is 2.74. The van der Waals surface area contributed by atoms with Crippen molar-refractivity contribution in [2.45, 2.75) is 23.4 Å². The summed E-state index contributed by atoms with van der Waals surface area (Å²) in [5.74, 6) is -0.113. The number of rotatable bonds is 4. The first-order valence-electron chi connectivity index (χ1n) is 7.82. The molecule has 1 aliphatic heterocycles. The van der Waals surface area contributed by atoms with Gasteiger partial charge in [0.25, 0.3) is 10.0 Å². The second-order valence-electron chi connectivity index (χ2n) is 6.07. The Morgan fingerprint density at radius 1 is 1.11 bits per heavy atom. The van der Waals surface area contributed by atoms with Crippen molar-refractivity contribution in [2.24, 2.45) is 0 Å². The fourth-order valence-corrected chi connectivity index (χ4v) is 4.03. The van der Waals surface area contributed by atoms with Gasteiger partial charge in [-0.3, -0.25) is 9.52 Å². The fraction of sp³-hybridized carbons (Fsp3) is 0.235. The van der Waals surface area contributed by atoms with Gasteiger partial charge in [0.2, 0.25) is 5.91 Å². The smallest absolute Gasteiger partial charge is 0.355 e. The Morgan fingerprint density at radius 3 is 2.33 bits per heavy atom. The number of hydrogen-bond acceptors (Lipinski definition) is 3. The minimum absolute atomic E-state index is 0.0416. The Kier molecular flexibility index (Phi) is 5.09. The summed E-state index contributed by atoms with van der Waals surface area (Å²) in [6.45, 7) is 0.475. The third-order valence-electron chi connectivity index (χ3n) is 4.18. The summed E-state index contributed by atoms with van der Waals surface area (Å²) in [5, 5.41) is 2.54. The van der Waals surface area contributed by atoms with E-state index in [4.69, 9.17) is 11.6 Å². The highest BCUT2D eigenvalue weighted by Gasteiger charge is 2.31. The minimum atomic E-state index is -4.63. The van der Waals surface area contributed by atoms with Crippen molar-refractivity contribution in [1.29, 1.82) is 0 Å². The first-order valence-corrected chi connectivity index (χ1v) is 9.68. The van der Waals surface area contributed by atoms with Crippen LogP contribution in [0, 0.1) is 0 Å². The summed E-state index contributed by atoms with van der Waals surface area (Å²) in [7, 11) is -4.13. The maximum atomic E-state index is 12.8.